The Balaban J connectivity index is 1.81. The van der Waals surface area contributed by atoms with Crippen molar-refractivity contribution in [1.82, 2.24) is 0 Å². The highest BCUT2D eigenvalue weighted by molar-refractivity contribution is 6.09. The fourth-order valence-corrected chi connectivity index (χ4v) is 3.11. The molecule has 0 saturated carbocycles. The number of hydrogen-bond acceptors (Lipinski definition) is 6. The monoisotopic (exact) mass is 462 g/mol. The van der Waals surface area contributed by atoms with Crippen molar-refractivity contribution in [3.8, 4) is 5.75 Å². The van der Waals surface area contributed by atoms with Crippen molar-refractivity contribution in [2.45, 2.75) is 6.92 Å². The van der Waals surface area contributed by atoms with Gasteiger partial charge in [-0.25, -0.2) is 9.59 Å². The summed E-state index contributed by atoms with van der Waals surface area (Å²) in [6.45, 7) is 1.82. The summed E-state index contributed by atoms with van der Waals surface area (Å²) in [6, 6.07) is 13.7. The van der Waals surface area contributed by atoms with Crippen LogP contribution in [0.2, 0.25) is 0 Å². The van der Waals surface area contributed by atoms with Gasteiger partial charge in [0.05, 0.1) is 11.1 Å². The van der Waals surface area contributed by atoms with E-state index in [1.165, 1.54) is 48.5 Å². The van der Waals surface area contributed by atoms with Gasteiger partial charge in [0.25, 0.3) is 18.3 Å². The summed E-state index contributed by atoms with van der Waals surface area (Å²) in [4.78, 5) is 58.5. The van der Waals surface area contributed by atoms with Crippen molar-refractivity contribution in [3.63, 3.8) is 0 Å². The number of hydrogen-bond donors (Lipinski definition) is 4. The van der Waals surface area contributed by atoms with Gasteiger partial charge in [0, 0.05) is 28.6 Å². The van der Waals surface area contributed by atoms with Gasteiger partial charge in [-0.05, 0) is 61.0 Å². The minimum Gasteiger partial charge on any atom is -0.478 e. The number of rotatable bonds is 8. The molecule has 0 atom stereocenters. The van der Waals surface area contributed by atoms with Crippen LogP contribution in [0.25, 0.3) is 0 Å². The van der Waals surface area contributed by atoms with E-state index in [0.29, 0.717) is 5.56 Å². The predicted octanol–water partition coefficient (Wildman–Crippen LogP) is 3.43. The molecule has 0 fully saturated rings. The lowest BCUT2D eigenvalue weighted by Crippen LogP contribution is -2.16. The van der Waals surface area contributed by atoms with Crippen molar-refractivity contribution in [3.05, 3.63) is 88.5 Å². The van der Waals surface area contributed by atoms with Crippen LogP contribution in [0.3, 0.4) is 0 Å². The van der Waals surface area contributed by atoms with E-state index in [-0.39, 0.29) is 45.9 Å². The van der Waals surface area contributed by atoms with Crippen LogP contribution in [0.5, 0.6) is 5.75 Å². The number of aryl methyl sites for hydroxylation is 1. The van der Waals surface area contributed by atoms with Crippen molar-refractivity contribution in [1.29, 1.82) is 0 Å². The molecular weight excluding hydrogens is 444 g/mol. The second-order valence-corrected chi connectivity index (χ2v) is 7.15. The number of carbonyl (C=O) groups excluding carboxylic acids is 3. The topological polar surface area (TPSA) is 159 Å². The minimum atomic E-state index is -1.28. The third-order valence-corrected chi connectivity index (χ3v) is 4.56. The summed E-state index contributed by atoms with van der Waals surface area (Å²) < 4.78 is 4.68. The zero-order valence-electron chi connectivity index (χ0n) is 17.7. The molecule has 3 aromatic rings. The van der Waals surface area contributed by atoms with Gasteiger partial charge in [0.2, 0.25) is 0 Å². The first-order valence-corrected chi connectivity index (χ1v) is 9.72. The molecule has 10 nitrogen and oxygen atoms in total. The highest BCUT2D eigenvalue weighted by Crippen LogP contribution is 2.22. The maximum Gasteiger partial charge on any atom is 0.335 e. The van der Waals surface area contributed by atoms with Crippen LogP contribution in [0.15, 0.2) is 60.7 Å². The molecule has 0 aromatic heterocycles. The Labute approximate surface area is 192 Å². The second-order valence-electron chi connectivity index (χ2n) is 7.15. The van der Waals surface area contributed by atoms with Crippen LogP contribution < -0.4 is 15.4 Å². The lowest BCUT2D eigenvalue weighted by Gasteiger charge is -2.10. The molecule has 0 aliphatic rings. The maximum absolute atomic E-state index is 12.7. The molecule has 3 rings (SSSR count). The summed E-state index contributed by atoms with van der Waals surface area (Å²) in [6.07, 6.45) is 0. The number of carboxylic acid groups (broad SMARTS) is 2. The van der Waals surface area contributed by atoms with Gasteiger partial charge < -0.3 is 25.6 Å². The molecule has 0 saturated heterocycles. The third kappa shape index (κ3) is 5.82. The van der Waals surface area contributed by atoms with Gasteiger partial charge in [-0.1, -0.05) is 6.07 Å². The molecule has 0 radical (unpaired) electrons. The van der Waals surface area contributed by atoms with Crippen molar-refractivity contribution >= 4 is 41.6 Å². The summed E-state index contributed by atoms with van der Waals surface area (Å²) in [7, 11) is 0. The van der Waals surface area contributed by atoms with E-state index in [4.69, 9.17) is 0 Å². The van der Waals surface area contributed by atoms with Gasteiger partial charge in [-0.3, -0.25) is 14.4 Å². The van der Waals surface area contributed by atoms with E-state index in [1.807, 2.05) is 0 Å². The average Bonchev–Trinajstić information content (AvgIpc) is 2.78. The molecule has 0 aliphatic carbocycles. The lowest BCUT2D eigenvalue weighted by molar-refractivity contribution is -0.120. The van der Waals surface area contributed by atoms with Crippen molar-refractivity contribution in [2.24, 2.45) is 0 Å². The van der Waals surface area contributed by atoms with Gasteiger partial charge in [-0.2, -0.15) is 0 Å². The van der Waals surface area contributed by atoms with E-state index in [2.05, 4.69) is 15.4 Å². The number of carboxylic acids is 2. The standard InChI is InChI=1S/C24H18N2O8/c1-13-5-16(23(30)31)8-18(6-13)25-21(28)14-3-2-4-15(7-14)22(29)26-19-9-17(24(32)33)10-20(11-19)34-12-27/h2-12H,1H3,(H,25,28)(H,26,29)(H,30,31)(H,32,33). The predicted molar refractivity (Wildman–Crippen MR) is 121 cm³/mol. The van der Waals surface area contributed by atoms with Crippen molar-refractivity contribution in [2.75, 3.05) is 10.6 Å². The van der Waals surface area contributed by atoms with Crippen LogP contribution in [0.4, 0.5) is 11.4 Å². The SMILES string of the molecule is Cc1cc(NC(=O)c2cccc(C(=O)Nc3cc(OC=O)cc(C(=O)O)c3)c2)cc(C(=O)O)c1. The van der Waals surface area contributed by atoms with Crippen LogP contribution in [-0.2, 0) is 4.79 Å². The average molecular weight is 462 g/mol. The highest BCUT2D eigenvalue weighted by Gasteiger charge is 2.15. The zero-order chi connectivity index (χ0) is 24.8. The molecule has 10 heteroatoms. The van der Waals surface area contributed by atoms with E-state index in [1.54, 1.807) is 13.0 Å². The van der Waals surface area contributed by atoms with Gasteiger partial charge >= 0.3 is 11.9 Å². The molecule has 3 aromatic carbocycles. The zero-order valence-corrected chi connectivity index (χ0v) is 17.7. The molecule has 0 unspecified atom stereocenters. The molecule has 172 valence electrons. The second kappa shape index (κ2) is 10.1. The third-order valence-electron chi connectivity index (χ3n) is 4.56. The Hall–Kier alpha value is -4.99. The molecule has 34 heavy (non-hydrogen) atoms. The quantitative estimate of drug-likeness (QED) is 0.371. The van der Waals surface area contributed by atoms with Gasteiger partial charge in [0.1, 0.15) is 5.75 Å². The van der Waals surface area contributed by atoms with Gasteiger partial charge in [0.15, 0.2) is 0 Å². The van der Waals surface area contributed by atoms with E-state index in [0.717, 1.165) is 6.07 Å². The summed E-state index contributed by atoms with van der Waals surface area (Å²) in [5.74, 6) is -3.69. The Kier molecular flexibility index (Phi) is 7.02. The number of benzene rings is 3. The number of nitrogens with one attached hydrogen (secondary N) is 2. The Morgan fingerprint density at radius 3 is 1.79 bits per heavy atom. The number of anilines is 2. The Morgan fingerprint density at radius 2 is 1.26 bits per heavy atom. The molecular formula is C24H18N2O8. The molecule has 0 spiro atoms. The Morgan fingerprint density at radius 1 is 0.735 bits per heavy atom. The van der Waals surface area contributed by atoms with Crippen LogP contribution in [-0.4, -0.2) is 40.4 Å². The molecule has 4 N–H and O–H groups in total. The molecule has 0 bridgehead atoms. The number of carbonyl (C=O) groups is 5. The molecule has 0 aliphatic heterocycles. The summed E-state index contributed by atoms with van der Waals surface area (Å²) >= 11 is 0. The number of ether oxygens (including phenoxy) is 1. The molecule has 2 amide bonds. The maximum atomic E-state index is 12.7. The fraction of sp³-hybridized carbons (Fsp3) is 0.0417. The van der Waals surface area contributed by atoms with Crippen molar-refractivity contribution < 1.29 is 38.9 Å². The largest absolute Gasteiger partial charge is 0.478 e. The first-order chi connectivity index (χ1) is 16.2. The molecule has 0 heterocycles. The summed E-state index contributed by atoms with van der Waals surface area (Å²) in [5.41, 5.74) is 1.04. The Bertz CT molecular complexity index is 1320. The first-order valence-electron chi connectivity index (χ1n) is 9.72. The first kappa shape index (κ1) is 23.7. The highest BCUT2D eigenvalue weighted by atomic mass is 16.5. The van der Waals surface area contributed by atoms with Crippen LogP contribution in [0.1, 0.15) is 47.0 Å². The fourth-order valence-electron chi connectivity index (χ4n) is 3.11. The minimum absolute atomic E-state index is 0.0185. The van der Waals surface area contributed by atoms with E-state index < -0.39 is 23.8 Å². The van der Waals surface area contributed by atoms with E-state index >= 15 is 0 Å². The van der Waals surface area contributed by atoms with Crippen LogP contribution in [0, 0.1) is 6.92 Å². The number of aromatic carboxylic acids is 2. The lowest BCUT2D eigenvalue weighted by atomic mass is 10.1. The normalized spacial score (nSPS) is 10.1. The summed E-state index contributed by atoms with van der Waals surface area (Å²) in [5, 5.41) is 23.5. The number of amides is 2. The van der Waals surface area contributed by atoms with Gasteiger partial charge in [-0.15, -0.1) is 0 Å². The smallest absolute Gasteiger partial charge is 0.335 e. The van der Waals surface area contributed by atoms with E-state index in [9.17, 15) is 34.2 Å². The van der Waals surface area contributed by atoms with Crippen LogP contribution >= 0.6 is 0 Å².